The van der Waals surface area contributed by atoms with Gasteiger partial charge in [-0.1, -0.05) is 12.8 Å². The zero-order valence-electron chi connectivity index (χ0n) is 11.6. The van der Waals surface area contributed by atoms with Gasteiger partial charge in [0.15, 0.2) is 0 Å². The molecule has 2 unspecified atom stereocenters. The Hall–Kier alpha value is -0.200. The van der Waals surface area contributed by atoms with Gasteiger partial charge < -0.3 is 25.0 Å². The van der Waals surface area contributed by atoms with E-state index in [9.17, 15) is 10.2 Å². The lowest BCUT2D eigenvalue weighted by Crippen LogP contribution is -2.49. The molecule has 5 nitrogen and oxygen atoms in total. The number of aliphatic hydroxyl groups excluding tert-OH is 2. The second-order valence-corrected chi connectivity index (χ2v) is 5.85. The van der Waals surface area contributed by atoms with E-state index < -0.39 is 6.10 Å². The van der Waals surface area contributed by atoms with Crippen molar-refractivity contribution in [2.75, 3.05) is 33.0 Å². The second kappa shape index (κ2) is 7.55. The van der Waals surface area contributed by atoms with E-state index in [1.54, 1.807) is 0 Å². The number of rotatable bonds is 8. The SMILES string of the molecule is OCC1(NCC(O)COCC2CCCO2)CCCC1. The summed E-state index contributed by atoms with van der Waals surface area (Å²) in [6.07, 6.45) is 6.14. The van der Waals surface area contributed by atoms with Crippen LogP contribution in [0.1, 0.15) is 38.5 Å². The van der Waals surface area contributed by atoms with Crippen LogP contribution in [0.4, 0.5) is 0 Å². The quantitative estimate of drug-likeness (QED) is 0.598. The van der Waals surface area contributed by atoms with Gasteiger partial charge >= 0.3 is 0 Å². The molecule has 3 N–H and O–H groups in total. The number of hydrogen-bond donors (Lipinski definition) is 3. The van der Waals surface area contributed by atoms with E-state index in [1.165, 1.54) is 0 Å². The summed E-state index contributed by atoms with van der Waals surface area (Å²) in [4.78, 5) is 0. The number of β-amino-alcohol motifs (C(OH)–C–C–N with tert-alkyl or cyclic N) is 1. The normalized spacial score (nSPS) is 27.8. The Bertz CT molecular complexity index is 250. The van der Waals surface area contributed by atoms with Crippen molar-refractivity contribution in [3.05, 3.63) is 0 Å². The Kier molecular flexibility index (Phi) is 6.04. The lowest BCUT2D eigenvalue weighted by molar-refractivity contribution is -0.0189. The van der Waals surface area contributed by atoms with E-state index in [-0.39, 0.29) is 18.2 Å². The fraction of sp³-hybridized carbons (Fsp3) is 1.00. The topological polar surface area (TPSA) is 71.0 Å². The highest BCUT2D eigenvalue weighted by atomic mass is 16.5. The predicted molar refractivity (Wildman–Crippen MR) is 72.1 cm³/mol. The van der Waals surface area contributed by atoms with E-state index in [0.29, 0.717) is 19.8 Å². The molecule has 2 atom stereocenters. The third-order valence-electron chi connectivity index (χ3n) is 4.21. The molecular formula is C14H27NO4. The van der Waals surface area contributed by atoms with Crippen molar-refractivity contribution in [3.8, 4) is 0 Å². The van der Waals surface area contributed by atoms with E-state index in [2.05, 4.69) is 5.32 Å². The summed E-state index contributed by atoms with van der Waals surface area (Å²) < 4.78 is 10.9. The molecule has 2 rings (SSSR count). The molecule has 0 spiro atoms. The second-order valence-electron chi connectivity index (χ2n) is 5.85. The van der Waals surface area contributed by atoms with Gasteiger partial charge in [-0.15, -0.1) is 0 Å². The lowest BCUT2D eigenvalue weighted by Gasteiger charge is -2.29. The Morgan fingerprint density at radius 3 is 2.74 bits per heavy atom. The van der Waals surface area contributed by atoms with Gasteiger partial charge in [-0.05, 0) is 25.7 Å². The van der Waals surface area contributed by atoms with Crippen molar-refractivity contribution in [3.63, 3.8) is 0 Å². The maximum Gasteiger partial charge on any atom is 0.0897 e. The molecule has 1 heterocycles. The first-order chi connectivity index (χ1) is 9.24. The van der Waals surface area contributed by atoms with Gasteiger partial charge in [-0.2, -0.15) is 0 Å². The first-order valence-electron chi connectivity index (χ1n) is 7.47. The molecular weight excluding hydrogens is 246 g/mol. The number of aliphatic hydroxyl groups is 2. The van der Waals surface area contributed by atoms with Crippen LogP contribution in [0.15, 0.2) is 0 Å². The van der Waals surface area contributed by atoms with Crippen LogP contribution in [0.25, 0.3) is 0 Å². The summed E-state index contributed by atoms with van der Waals surface area (Å²) in [5.41, 5.74) is -0.171. The van der Waals surface area contributed by atoms with Crippen molar-refractivity contribution < 1.29 is 19.7 Å². The van der Waals surface area contributed by atoms with Gasteiger partial charge in [0, 0.05) is 18.7 Å². The van der Waals surface area contributed by atoms with Crippen LogP contribution >= 0.6 is 0 Å². The number of ether oxygens (including phenoxy) is 2. The summed E-state index contributed by atoms with van der Waals surface area (Å²) in [6, 6.07) is 0. The van der Waals surface area contributed by atoms with E-state index in [0.717, 1.165) is 45.1 Å². The summed E-state index contributed by atoms with van der Waals surface area (Å²) in [5, 5.41) is 22.7. The van der Waals surface area contributed by atoms with Gasteiger partial charge in [0.25, 0.3) is 0 Å². The molecule has 0 aromatic rings. The molecule has 1 aliphatic carbocycles. The molecule has 1 aliphatic heterocycles. The van der Waals surface area contributed by atoms with Gasteiger partial charge in [0.2, 0.25) is 0 Å². The fourth-order valence-corrected chi connectivity index (χ4v) is 2.95. The zero-order chi connectivity index (χ0) is 13.6. The van der Waals surface area contributed by atoms with Crippen LogP contribution in [0.2, 0.25) is 0 Å². The van der Waals surface area contributed by atoms with Gasteiger partial charge in [-0.25, -0.2) is 0 Å². The third-order valence-corrected chi connectivity index (χ3v) is 4.21. The summed E-state index contributed by atoms with van der Waals surface area (Å²) in [7, 11) is 0. The minimum Gasteiger partial charge on any atom is -0.394 e. The number of hydrogen-bond acceptors (Lipinski definition) is 5. The first kappa shape index (κ1) is 15.2. The minimum atomic E-state index is -0.523. The Morgan fingerprint density at radius 2 is 2.11 bits per heavy atom. The van der Waals surface area contributed by atoms with E-state index in [4.69, 9.17) is 9.47 Å². The third kappa shape index (κ3) is 4.68. The lowest BCUT2D eigenvalue weighted by atomic mass is 9.99. The van der Waals surface area contributed by atoms with Crippen molar-refractivity contribution in [2.24, 2.45) is 0 Å². The maximum absolute atomic E-state index is 9.88. The highest BCUT2D eigenvalue weighted by Crippen LogP contribution is 2.28. The first-order valence-corrected chi connectivity index (χ1v) is 7.47. The van der Waals surface area contributed by atoms with Gasteiger partial charge in [0.05, 0.1) is 32.0 Å². The standard InChI is InChI=1S/C14H27NO4/c16-11-14(5-1-2-6-14)15-8-12(17)9-18-10-13-4-3-7-19-13/h12-13,15-17H,1-11H2. The molecule has 0 amide bonds. The largest absolute Gasteiger partial charge is 0.394 e. The summed E-state index contributed by atoms with van der Waals surface area (Å²) >= 11 is 0. The Morgan fingerprint density at radius 1 is 1.32 bits per heavy atom. The van der Waals surface area contributed by atoms with Gasteiger partial charge in [0.1, 0.15) is 0 Å². The Balaban J connectivity index is 1.57. The van der Waals surface area contributed by atoms with Crippen LogP contribution in [-0.2, 0) is 9.47 Å². The average molecular weight is 273 g/mol. The van der Waals surface area contributed by atoms with E-state index in [1.807, 2.05) is 0 Å². The molecule has 19 heavy (non-hydrogen) atoms. The van der Waals surface area contributed by atoms with Gasteiger partial charge in [-0.3, -0.25) is 0 Å². The molecule has 2 aliphatic rings. The molecule has 0 aromatic carbocycles. The van der Waals surface area contributed by atoms with Crippen molar-refractivity contribution in [1.29, 1.82) is 0 Å². The van der Waals surface area contributed by atoms with Crippen LogP contribution in [0.3, 0.4) is 0 Å². The highest BCUT2D eigenvalue weighted by molar-refractivity contribution is 4.92. The smallest absolute Gasteiger partial charge is 0.0897 e. The molecule has 2 fully saturated rings. The molecule has 1 saturated heterocycles. The molecule has 0 radical (unpaired) electrons. The maximum atomic E-state index is 9.88. The molecule has 112 valence electrons. The summed E-state index contributed by atoms with van der Waals surface area (Å²) in [5.74, 6) is 0. The average Bonchev–Trinajstić information content (AvgIpc) is 3.08. The van der Waals surface area contributed by atoms with Crippen molar-refractivity contribution >= 4 is 0 Å². The molecule has 1 saturated carbocycles. The summed E-state index contributed by atoms with van der Waals surface area (Å²) in [6.45, 7) is 2.36. The fourth-order valence-electron chi connectivity index (χ4n) is 2.95. The monoisotopic (exact) mass is 273 g/mol. The molecule has 5 heteroatoms. The molecule has 0 bridgehead atoms. The minimum absolute atomic E-state index is 0.149. The predicted octanol–water partition coefficient (Wildman–Crippen LogP) is 0.438. The van der Waals surface area contributed by atoms with Crippen LogP contribution in [0.5, 0.6) is 0 Å². The number of nitrogens with one attached hydrogen (secondary N) is 1. The Labute approximate surface area is 115 Å². The van der Waals surface area contributed by atoms with Crippen LogP contribution < -0.4 is 5.32 Å². The van der Waals surface area contributed by atoms with Crippen molar-refractivity contribution in [1.82, 2.24) is 5.32 Å². The highest BCUT2D eigenvalue weighted by Gasteiger charge is 2.32. The molecule has 0 aromatic heterocycles. The van der Waals surface area contributed by atoms with Crippen LogP contribution in [0, 0.1) is 0 Å². The zero-order valence-corrected chi connectivity index (χ0v) is 11.6. The van der Waals surface area contributed by atoms with Crippen LogP contribution in [-0.4, -0.2) is 60.9 Å². The van der Waals surface area contributed by atoms with Crippen molar-refractivity contribution in [2.45, 2.75) is 56.3 Å². The van der Waals surface area contributed by atoms with E-state index >= 15 is 0 Å².